The molecule has 0 saturated heterocycles. The molecule has 0 aromatic carbocycles. The van der Waals surface area contributed by atoms with Crippen LogP contribution in [0.25, 0.3) is 0 Å². The van der Waals surface area contributed by atoms with Gasteiger partial charge in [0.05, 0.1) is 18.8 Å². The van der Waals surface area contributed by atoms with E-state index in [0.29, 0.717) is 19.8 Å². The fourth-order valence-electron chi connectivity index (χ4n) is 1.37. The summed E-state index contributed by atoms with van der Waals surface area (Å²) >= 11 is 0. The maximum Gasteiger partial charge on any atom is 0.0800 e. The van der Waals surface area contributed by atoms with Crippen LogP contribution in [-0.4, -0.2) is 32.0 Å². The van der Waals surface area contributed by atoms with Crippen LogP contribution in [0, 0.1) is 0 Å². The first-order chi connectivity index (χ1) is 6.74. The topological polar surface area (TPSA) is 44.5 Å². The summed E-state index contributed by atoms with van der Waals surface area (Å²) in [7, 11) is 0. The molecule has 2 N–H and O–H groups in total. The van der Waals surface area contributed by atoms with Crippen molar-refractivity contribution in [2.45, 2.75) is 45.6 Å². The molecule has 0 aromatic heterocycles. The van der Waals surface area contributed by atoms with Gasteiger partial charge in [-0.25, -0.2) is 0 Å². The van der Waals surface area contributed by atoms with Gasteiger partial charge < -0.3 is 15.2 Å². The molecule has 0 atom stereocenters. The summed E-state index contributed by atoms with van der Waals surface area (Å²) in [5.41, 5.74) is 5.57. The summed E-state index contributed by atoms with van der Waals surface area (Å²) in [6.45, 7) is 9.06. The minimum absolute atomic E-state index is 0.129. The second-order valence-electron chi connectivity index (χ2n) is 3.56. The van der Waals surface area contributed by atoms with Gasteiger partial charge in [0, 0.05) is 13.2 Å². The Kier molecular flexibility index (Phi) is 8.14. The first-order valence-electron chi connectivity index (χ1n) is 5.66. The van der Waals surface area contributed by atoms with Gasteiger partial charge in [-0.15, -0.1) is 0 Å². The average molecular weight is 203 g/mol. The normalized spacial score (nSPS) is 12.0. The van der Waals surface area contributed by atoms with Crippen LogP contribution in [0.15, 0.2) is 0 Å². The van der Waals surface area contributed by atoms with E-state index in [1.165, 1.54) is 0 Å². The monoisotopic (exact) mass is 203 g/mol. The van der Waals surface area contributed by atoms with Crippen molar-refractivity contribution >= 4 is 0 Å². The zero-order valence-corrected chi connectivity index (χ0v) is 9.84. The van der Waals surface area contributed by atoms with Crippen molar-refractivity contribution in [1.82, 2.24) is 0 Å². The van der Waals surface area contributed by atoms with E-state index in [1.54, 1.807) is 0 Å². The van der Waals surface area contributed by atoms with Crippen molar-refractivity contribution in [1.29, 1.82) is 0 Å². The molecule has 0 heterocycles. The summed E-state index contributed by atoms with van der Waals surface area (Å²) in [5, 5.41) is 0. The lowest BCUT2D eigenvalue weighted by Crippen LogP contribution is -2.40. The highest BCUT2D eigenvalue weighted by atomic mass is 16.5. The standard InChI is InChI=1S/C11H25NO2/c1-4-7-13-8-9-14-11(5-2,6-3)10-12/h4-10,12H2,1-3H3. The maximum absolute atomic E-state index is 5.77. The van der Waals surface area contributed by atoms with Crippen LogP contribution in [0.1, 0.15) is 40.0 Å². The van der Waals surface area contributed by atoms with Gasteiger partial charge in [-0.2, -0.15) is 0 Å². The highest BCUT2D eigenvalue weighted by Crippen LogP contribution is 2.18. The van der Waals surface area contributed by atoms with Crippen molar-refractivity contribution in [2.24, 2.45) is 5.73 Å². The van der Waals surface area contributed by atoms with Crippen LogP contribution in [0.2, 0.25) is 0 Å². The maximum atomic E-state index is 5.77. The molecule has 0 aliphatic rings. The summed E-state index contributed by atoms with van der Waals surface area (Å²) in [6, 6.07) is 0. The van der Waals surface area contributed by atoms with E-state index in [0.717, 1.165) is 25.9 Å². The molecule has 0 bridgehead atoms. The Labute approximate surface area is 88.0 Å². The molecule has 0 unspecified atom stereocenters. The predicted octanol–water partition coefficient (Wildman–Crippen LogP) is 1.95. The van der Waals surface area contributed by atoms with Crippen molar-refractivity contribution < 1.29 is 9.47 Å². The number of hydrogen-bond acceptors (Lipinski definition) is 3. The van der Waals surface area contributed by atoms with Crippen LogP contribution < -0.4 is 5.73 Å². The van der Waals surface area contributed by atoms with Crippen molar-refractivity contribution in [3.8, 4) is 0 Å². The first kappa shape index (κ1) is 13.9. The van der Waals surface area contributed by atoms with Crippen LogP contribution in [0.3, 0.4) is 0 Å². The van der Waals surface area contributed by atoms with Crippen LogP contribution in [-0.2, 0) is 9.47 Å². The van der Waals surface area contributed by atoms with Gasteiger partial charge in [-0.1, -0.05) is 20.8 Å². The molecule has 0 aliphatic carbocycles. The largest absolute Gasteiger partial charge is 0.379 e. The second-order valence-corrected chi connectivity index (χ2v) is 3.56. The minimum Gasteiger partial charge on any atom is -0.379 e. The molecule has 3 nitrogen and oxygen atoms in total. The van der Waals surface area contributed by atoms with E-state index in [1.807, 2.05) is 0 Å². The molecular formula is C11H25NO2. The lowest BCUT2D eigenvalue weighted by molar-refractivity contribution is -0.0666. The summed E-state index contributed by atoms with van der Waals surface area (Å²) in [5.74, 6) is 0. The average Bonchev–Trinajstić information content (AvgIpc) is 2.24. The van der Waals surface area contributed by atoms with E-state index in [4.69, 9.17) is 15.2 Å². The second kappa shape index (κ2) is 8.21. The molecule has 3 heteroatoms. The highest BCUT2D eigenvalue weighted by molar-refractivity contribution is 4.78. The molecular weight excluding hydrogens is 178 g/mol. The van der Waals surface area contributed by atoms with E-state index >= 15 is 0 Å². The van der Waals surface area contributed by atoms with Gasteiger partial charge in [0.25, 0.3) is 0 Å². The molecule has 0 fully saturated rings. The van der Waals surface area contributed by atoms with Gasteiger partial charge in [-0.05, 0) is 19.3 Å². The molecule has 0 radical (unpaired) electrons. The summed E-state index contributed by atoms with van der Waals surface area (Å²) in [6.07, 6.45) is 2.99. The van der Waals surface area contributed by atoms with Gasteiger partial charge >= 0.3 is 0 Å². The predicted molar refractivity (Wildman–Crippen MR) is 59.4 cm³/mol. The molecule has 0 rings (SSSR count). The molecule has 0 aliphatic heterocycles. The van der Waals surface area contributed by atoms with Gasteiger partial charge in [0.2, 0.25) is 0 Å². The smallest absolute Gasteiger partial charge is 0.0800 e. The lowest BCUT2D eigenvalue weighted by atomic mass is 9.97. The quantitative estimate of drug-likeness (QED) is 0.582. The fraction of sp³-hybridized carbons (Fsp3) is 1.00. The SMILES string of the molecule is CCCOCCOC(CC)(CC)CN. The van der Waals surface area contributed by atoms with E-state index < -0.39 is 0 Å². The third-order valence-electron chi connectivity index (χ3n) is 2.65. The van der Waals surface area contributed by atoms with Crippen LogP contribution in [0.4, 0.5) is 0 Å². The zero-order chi connectivity index (χ0) is 10.9. The van der Waals surface area contributed by atoms with Crippen LogP contribution in [0.5, 0.6) is 0 Å². The molecule has 0 aromatic rings. The molecule has 0 amide bonds. The number of ether oxygens (including phenoxy) is 2. The Morgan fingerprint density at radius 3 is 2.07 bits per heavy atom. The third-order valence-corrected chi connectivity index (χ3v) is 2.65. The molecule has 0 spiro atoms. The fourth-order valence-corrected chi connectivity index (χ4v) is 1.37. The molecule has 86 valence electrons. The highest BCUT2D eigenvalue weighted by Gasteiger charge is 2.24. The molecule has 14 heavy (non-hydrogen) atoms. The number of hydrogen-bond donors (Lipinski definition) is 1. The van der Waals surface area contributed by atoms with E-state index in [-0.39, 0.29) is 5.60 Å². The van der Waals surface area contributed by atoms with Crippen LogP contribution >= 0.6 is 0 Å². The Hall–Kier alpha value is -0.120. The Morgan fingerprint density at radius 2 is 1.64 bits per heavy atom. The Bertz CT molecular complexity index is 116. The van der Waals surface area contributed by atoms with Crippen molar-refractivity contribution in [3.63, 3.8) is 0 Å². The lowest BCUT2D eigenvalue weighted by Gasteiger charge is -2.30. The van der Waals surface area contributed by atoms with Gasteiger partial charge in [0.1, 0.15) is 0 Å². The van der Waals surface area contributed by atoms with Crippen molar-refractivity contribution in [2.75, 3.05) is 26.4 Å². The summed E-state index contributed by atoms with van der Waals surface area (Å²) in [4.78, 5) is 0. The first-order valence-corrected chi connectivity index (χ1v) is 5.66. The number of nitrogens with two attached hydrogens (primary N) is 1. The Morgan fingerprint density at radius 1 is 1.00 bits per heavy atom. The minimum atomic E-state index is -0.129. The van der Waals surface area contributed by atoms with E-state index in [2.05, 4.69) is 20.8 Å². The van der Waals surface area contributed by atoms with Gasteiger partial charge in [0.15, 0.2) is 0 Å². The van der Waals surface area contributed by atoms with Crippen molar-refractivity contribution in [3.05, 3.63) is 0 Å². The van der Waals surface area contributed by atoms with Gasteiger partial charge in [-0.3, -0.25) is 0 Å². The summed E-state index contributed by atoms with van der Waals surface area (Å²) < 4.78 is 11.1. The Balaban J connectivity index is 3.61. The van der Waals surface area contributed by atoms with E-state index in [9.17, 15) is 0 Å². The third kappa shape index (κ3) is 4.94. The molecule has 0 saturated carbocycles. The zero-order valence-electron chi connectivity index (χ0n) is 9.84. The number of rotatable bonds is 9.